The standard InChI is InChI=1S/C17H12N6O3/c24-17(14-7-8-19-26-14)20-12-1-3-13(4-2-12)25-16-6-5-15(21-22-16)23-10-9-18-11-23/h1-11H,(H,20,24). The molecular formula is C17H12N6O3. The van der Waals surface area contributed by atoms with Gasteiger partial charge >= 0.3 is 0 Å². The Morgan fingerprint density at radius 1 is 1.04 bits per heavy atom. The van der Waals surface area contributed by atoms with Gasteiger partial charge in [0, 0.05) is 30.2 Å². The van der Waals surface area contributed by atoms with Crippen molar-refractivity contribution in [2.45, 2.75) is 0 Å². The minimum atomic E-state index is -0.378. The van der Waals surface area contributed by atoms with Crippen LogP contribution in [0.5, 0.6) is 11.6 Å². The van der Waals surface area contributed by atoms with Crippen molar-refractivity contribution in [2.24, 2.45) is 0 Å². The lowest BCUT2D eigenvalue weighted by atomic mass is 10.3. The van der Waals surface area contributed by atoms with Crippen molar-refractivity contribution in [3.05, 3.63) is 73.1 Å². The lowest BCUT2D eigenvalue weighted by Crippen LogP contribution is -2.10. The SMILES string of the molecule is O=C(Nc1ccc(Oc2ccc(-n3ccnc3)nn2)cc1)c1ccno1. The van der Waals surface area contributed by atoms with Crippen molar-refractivity contribution in [1.29, 1.82) is 0 Å². The highest BCUT2D eigenvalue weighted by Gasteiger charge is 2.10. The fourth-order valence-corrected chi connectivity index (χ4v) is 2.15. The second kappa shape index (κ2) is 6.85. The third-order valence-corrected chi connectivity index (χ3v) is 3.39. The fourth-order valence-electron chi connectivity index (χ4n) is 2.15. The Bertz CT molecular complexity index is 980. The molecule has 9 nitrogen and oxygen atoms in total. The molecule has 0 saturated carbocycles. The first-order valence-electron chi connectivity index (χ1n) is 7.60. The number of imidazole rings is 1. The summed E-state index contributed by atoms with van der Waals surface area (Å²) in [5.74, 6) is 1.32. The van der Waals surface area contributed by atoms with Gasteiger partial charge in [0.2, 0.25) is 11.6 Å². The molecule has 0 aliphatic rings. The number of anilines is 1. The van der Waals surface area contributed by atoms with Crippen LogP contribution in [0.4, 0.5) is 5.69 Å². The molecule has 3 heterocycles. The van der Waals surface area contributed by atoms with Gasteiger partial charge in [-0.25, -0.2) is 4.98 Å². The molecule has 0 atom stereocenters. The van der Waals surface area contributed by atoms with Crippen molar-refractivity contribution in [3.63, 3.8) is 0 Å². The van der Waals surface area contributed by atoms with Gasteiger partial charge in [-0.2, -0.15) is 0 Å². The molecule has 0 aliphatic heterocycles. The van der Waals surface area contributed by atoms with Gasteiger partial charge in [-0.3, -0.25) is 9.36 Å². The summed E-state index contributed by atoms with van der Waals surface area (Å²) < 4.78 is 12.2. The first-order valence-corrected chi connectivity index (χ1v) is 7.60. The molecule has 1 aromatic carbocycles. The van der Waals surface area contributed by atoms with Crippen LogP contribution >= 0.6 is 0 Å². The summed E-state index contributed by atoms with van der Waals surface area (Å²) >= 11 is 0. The maximum atomic E-state index is 11.9. The molecule has 26 heavy (non-hydrogen) atoms. The second-order valence-corrected chi connectivity index (χ2v) is 5.16. The Balaban J connectivity index is 1.40. The average molecular weight is 348 g/mol. The van der Waals surface area contributed by atoms with Crippen LogP contribution in [-0.2, 0) is 0 Å². The molecule has 4 aromatic rings. The molecule has 4 rings (SSSR count). The van der Waals surface area contributed by atoms with Crippen LogP contribution in [0.15, 0.2) is 71.9 Å². The Labute approximate surface area is 147 Å². The number of carbonyl (C=O) groups is 1. The zero-order chi connectivity index (χ0) is 17.8. The number of hydrogen-bond donors (Lipinski definition) is 1. The minimum Gasteiger partial charge on any atom is -0.438 e. The zero-order valence-electron chi connectivity index (χ0n) is 13.3. The molecule has 128 valence electrons. The first kappa shape index (κ1) is 15.5. The van der Waals surface area contributed by atoms with Crippen LogP contribution in [0.2, 0.25) is 0 Å². The molecule has 3 aromatic heterocycles. The quantitative estimate of drug-likeness (QED) is 0.590. The molecule has 1 N–H and O–H groups in total. The summed E-state index contributed by atoms with van der Waals surface area (Å²) in [6.07, 6.45) is 6.48. The van der Waals surface area contributed by atoms with E-state index in [4.69, 9.17) is 9.26 Å². The van der Waals surface area contributed by atoms with Crippen LogP contribution < -0.4 is 10.1 Å². The molecule has 0 fully saturated rings. The monoisotopic (exact) mass is 348 g/mol. The third kappa shape index (κ3) is 3.41. The van der Waals surface area contributed by atoms with Gasteiger partial charge in [0.25, 0.3) is 5.91 Å². The van der Waals surface area contributed by atoms with E-state index in [1.54, 1.807) is 59.7 Å². The van der Waals surface area contributed by atoms with Gasteiger partial charge in [0.1, 0.15) is 12.1 Å². The predicted molar refractivity (Wildman–Crippen MR) is 90.1 cm³/mol. The second-order valence-electron chi connectivity index (χ2n) is 5.16. The Morgan fingerprint density at radius 3 is 2.58 bits per heavy atom. The Kier molecular flexibility index (Phi) is 4.09. The maximum Gasteiger partial charge on any atom is 0.294 e. The Hall–Kier alpha value is -4.01. The van der Waals surface area contributed by atoms with E-state index in [-0.39, 0.29) is 11.7 Å². The van der Waals surface area contributed by atoms with Crippen LogP contribution in [0.3, 0.4) is 0 Å². The number of aromatic nitrogens is 5. The average Bonchev–Trinajstić information content (AvgIpc) is 3.38. The summed E-state index contributed by atoms with van der Waals surface area (Å²) in [5, 5.41) is 14.3. The largest absolute Gasteiger partial charge is 0.438 e. The Morgan fingerprint density at radius 2 is 1.92 bits per heavy atom. The van der Waals surface area contributed by atoms with Gasteiger partial charge in [0.15, 0.2) is 5.82 Å². The van der Waals surface area contributed by atoms with E-state index in [0.29, 0.717) is 23.1 Å². The molecule has 0 unspecified atom stereocenters. The van der Waals surface area contributed by atoms with Crippen molar-refractivity contribution < 1.29 is 14.1 Å². The molecule has 0 aliphatic carbocycles. The molecule has 0 spiro atoms. The van der Waals surface area contributed by atoms with Crippen molar-refractivity contribution >= 4 is 11.6 Å². The van der Waals surface area contributed by atoms with E-state index in [1.807, 2.05) is 0 Å². The van der Waals surface area contributed by atoms with Gasteiger partial charge in [0.05, 0.1) is 6.20 Å². The number of benzene rings is 1. The van der Waals surface area contributed by atoms with Crippen LogP contribution in [-0.4, -0.2) is 30.8 Å². The number of rotatable bonds is 5. The van der Waals surface area contributed by atoms with Crippen LogP contribution in [0.25, 0.3) is 5.82 Å². The van der Waals surface area contributed by atoms with E-state index < -0.39 is 0 Å². The predicted octanol–water partition coefficient (Wildman–Crippen LogP) is 2.69. The number of carbonyl (C=O) groups excluding carboxylic acids is 1. The molecule has 9 heteroatoms. The summed E-state index contributed by atoms with van der Waals surface area (Å²) in [5.41, 5.74) is 0.597. The summed E-state index contributed by atoms with van der Waals surface area (Å²) in [6.45, 7) is 0. The zero-order valence-corrected chi connectivity index (χ0v) is 13.3. The lowest BCUT2D eigenvalue weighted by molar-refractivity contribution is 0.0988. The number of nitrogens with zero attached hydrogens (tertiary/aromatic N) is 5. The normalized spacial score (nSPS) is 10.5. The molecule has 0 saturated heterocycles. The van der Waals surface area contributed by atoms with Gasteiger partial charge < -0.3 is 14.6 Å². The van der Waals surface area contributed by atoms with Crippen molar-refractivity contribution in [3.8, 4) is 17.4 Å². The number of amides is 1. The third-order valence-electron chi connectivity index (χ3n) is 3.39. The maximum absolute atomic E-state index is 11.9. The fraction of sp³-hybridized carbons (Fsp3) is 0. The minimum absolute atomic E-state index is 0.138. The smallest absolute Gasteiger partial charge is 0.294 e. The van der Waals surface area contributed by atoms with Gasteiger partial charge in [-0.05, 0) is 30.3 Å². The lowest BCUT2D eigenvalue weighted by Gasteiger charge is -2.07. The summed E-state index contributed by atoms with van der Waals surface area (Å²) in [4.78, 5) is 15.8. The van der Waals surface area contributed by atoms with Crippen LogP contribution in [0.1, 0.15) is 10.6 Å². The van der Waals surface area contributed by atoms with E-state index >= 15 is 0 Å². The summed E-state index contributed by atoms with van der Waals surface area (Å²) in [6, 6.07) is 11.8. The van der Waals surface area contributed by atoms with Crippen molar-refractivity contribution in [1.82, 2.24) is 24.9 Å². The highest BCUT2D eigenvalue weighted by atomic mass is 16.5. The number of hydrogen-bond acceptors (Lipinski definition) is 7. The molecular weight excluding hydrogens is 336 g/mol. The van der Waals surface area contributed by atoms with E-state index in [2.05, 4.69) is 25.7 Å². The van der Waals surface area contributed by atoms with E-state index in [1.165, 1.54) is 12.3 Å². The first-order chi connectivity index (χ1) is 12.8. The molecule has 1 amide bonds. The van der Waals surface area contributed by atoms with E-state index in [0.717, 1.165) is 0 Å². The van der Waals surface area contributed by atoms with Crippen LogP contribution in [0, 0.1) is 0 Å². The van der Waals surface area contributed by atoms with Gasteiger partial charge in [-0.15, -0.1) is 10.2 Å². The van der Waals surface area contributed by atoms with Crippen molar-refractivity contribution in [2.75, 3.05) is 5.32 Å². The number of nitrogens with one attached hydrogen (secondary N) is 1. The summed E-state index contributed by atoms with van der Waals surface area (Å²) in [7, 11) is 0. The number of ether oxygens (including phenoxy) is 1. The highest BCUT2D eigenvalue weighted by Crippen LogP contribution is 2.21. The molecule has 0 radical (unpaired) electrons. The highest BCUT2D eigenvalue weighted by molar-refractivity contribution is 6.02. The van der Waals surface area contributed by atoms with Gasteiger partial charge in [-0.1, -0.05) is 5.16 Å². The molecule has 0 bridgehead atoms. The van der Waals surface area contributed by atoms with E-state index in [9.17, 15) is 4.79 Å². The topological polar surface area (TPSA) is 108 Å².